The highest BCUT2D eigenvalue weighted by Crippen LogP contribution is 2.58. The lowest BCUT2D eigenvalue weighted by Crippen LogP contribution is -2.22. The van der Waals surface area contributed by atoms with Crippen LogP contribution in [0.5, 0.6) is 0 Å². The summed E-state index contributed by atoms with van der Waals surface area (Å²) in [7, 11) is 0. The molecule has 17 heavy (non-hydrogen) atoms. The average molecular weight is 226 g/mol. The second kappa shape index (κ2) is 3.48. The van der Waals surface area contributed by atoms with E-state index in [9.17, 15) is 0 Å². The molecule has 0 nitrogen and oxygen atoms in total. The molecule has 90 valence electrons. The van der Waals surface area contributed by atoms with Gasteiger partial charge in [-0.15, -0.1) is 0 Å². The normalized spacial score (nSPS) is 37.9. The summed E-state index contributed by atoms with van der Waals surface area (Å²) in [5, 5.41) is 0. The van der Waals surface area contributed by atoms with Crippen molar-refractivity contribution in [3.8, 4) is 0 Å². The third-order valence-corrected chi connectivity index (χ3v) is 4.96. The molecular formula is C17H22. The first-order chi connectivity index (χ1) is 8.00. The van der Waals surface area contributed by atoms with Crippen LogP contribution in [0, 0.1) is 23.2 Å². The molecule has 1 saturated carbocycles. The molecule has 0 saturated heterocycles. The molecule has 0 radical (unpaired) electrons. The molecule has 3 aliphatic carbocycles. The Morgan fingerprint density at radius 3 is 2.71 bits per heavy atom. The van der Waals surface area contributed by atoms with E-state index in [0.717, 1.165) is 11.8 Å². The quantitative estimate of drug-likeness (QED) is 0.563. The Morgan fingerprint density at radius 1 is 1.18 bits per heavy atom. The average Bonchev–Trinajstić information content (AvgIpc) is 2.49. The predicted molar refractivity (Wildman–Crippen MR) is 73.6 cm³/mol. The van der Waals surface area contributed by atoms with Crippen molar-refractivity contribution in [3.05, 3.63) is 47.1 Å². The summed E-state index contributed by atoms with van der Waals surface area (Å²) in [6, 6.07) is 0. The van der Waals surface area contributed by atoms with Crippen molar-refractivity contribution >= 4 is 0 Å². The number of hydrogen-bond donors (Lipinski definition) is 0. The summed E-state index contributed by atoms with van der Waals surface area (Å²) >= 11 is 0. The molecule has 0 aromatic heterocycles. The Labute approximate surface area is 105 Å². The Kier molecular flexibility index (Phi) is 2.26. The van der Waals surface area contributed by atoms with E-state index in [1.807, 2.05) is 0 Å². The molecule has 0 heterocycles. The van der Waals surface area contributed by atoms with Crippen molar-refractivity contribution in [2.24, 2.45) is 23.2 Å². The molecule has 3 aliphatic rings. The standard InChI is InChI=1S/C17H22/c1-11-5-7-13-14-8-6-12(2)10-16(14)17(3,4)15(13)9-11/h5-7,9-10,13-15H,8H2,1-4H3. The third-order valence-electron chi connectivity index (χ3n) is 4.96. The van der Waals surface area contributed by atoms with Crippen LogP contribution in [0.1, 0.15) is 34.1 Å². The van der Waals surface area contributed by atoms with Gasteiger partial charge in [-0.1, -0.05) is 60.9 Å². The van der Waals surface area contributed by atoms with Gasteiger partial charge in [0.1, 0.15) is 0 Å². The van der Waals surface area contributed by atoms with Crippen molar-refractivity contribution in [1.82, 2.24) is 0 Å². The molecule has 0 aromatic rings. The van der Waals surface area contributed by atoms with Crippen LogP contribution in [0.4, 0.5) is 0 Å². The topological polar surface area (TPSA) is 0 Å². The Hall–Kier alpha value is -1.04. The zero-order valence-corrected chi connectivity index (χ0v) is 11.3. The summed E-state index contributed by atoms with van der Waals surface area (Å²) in [6.45, 7) is 9.32. The van der Waals surface area contributed by atoms with Crippen molar-refractivity contribution < 1.29 is 0 Å². The first-order valence-electron chi connectivity index (χ1n) is 6.75. The molecular weight excluding hydrogens is 204 g/mol. The minimum Gasteiger partial charge on any atom is -0.0810 e. The van der Waals surface area contributed by atoms with E-state index in [1.165, 1.54) is 17.6 Å². The summed E-state index contributed by atoms with van der Waals surface area (Å²) in [5.74, 6) is 2.17. The minimum absolute atomic E-state index is 0.330. The van der Waals surface area contributed by atoms with Gasteiger partial charge in [-0.2, -0.15) is 0 Å². The number of hydrogen-bond acceptors (Lipinski definition) is 0. The van der Waals surface area contributed by atoms with Gasteiger partial charge in [0.15, 0.2) is 0 Å². The van der Waals surface area contributed by atoms with Crippen molar-refractivity contribution in [3.63, 3.8) is 0 Å². The Bertz CT molecular complexity index is 468. The van der Waals surface area contributed by atoms with Crippen molar-refractivity contribution in [1.29, 1.82) is 0 Å². The number of rotatable bonds is 0. The molecule has 0 amide bonds. The van der Waals surface area contributed by atoms with Crippen LogP contribution in [0.3, 0.4) is 0 Å². The van der Waals surface area contributed by atoms with Gasteiger partial charge in [0.25, 0.3) is 0 Å². The van der Waals surface area contributed by atoms with Crippen LogP contribution in [-0.2, 0) is 0 Å². The largest absolute Gasteiger partial charge is 0.0810 e. The van der Waals surface area contributed by atoms with Gasteiger partial charge >= 0.3 is 0 Å². The van der Waals surface area contributed by atoms with Crippen molar-refractivity contribution in [2.75, 3.05) is 0 Å². The molecule has 3 atom stereocenters. The monoisotopic (exact) mass is 226 g/mol. The minimum atomic E-state index is 0.330. The van der Waals surface area contributed by atoms with Crippen LogP contribution < -0.4 is 0 Å². The summed E-state index contributed by atoms with van der Waals surface area (Å²) < 4.78 is 0. The zero-order chi connectivity index (χ0) is 12.2. The third kappa shape index (κ3) is 1.50. The molecule has 3 unspecified atom stereocenters. The van der Waals surface area contributed by atoms with Crippen LogP contribution in [-0.4, -0.2) is 0 Å². The molecule has 3 rings (SSSR count). The maximum atomic E-state index is 2.50. The van der Waals surface area contributed by atoms with Gasteiger partial charge in [-0.3, -0.25) is 0 Å². The molecule has 0 aromatic carbocycles. The second-order valence-electron chi connectivity index (χ2n) is 6.48. The maximum absolute atomic E-state index is 2.50. The molecule has 0 aliphatic heterocycles. The van der Waals surface area contributed by atoms with Gasteiger partial charge in [0.2, 0.25) is 0 Å². The summed E-state index contributed by atoms with van der Waals surface area (Å²) in [4.78, 5) is 0. The highest BCUT2D eigenvalue weighted by atomic mass is 14.5. The van der Waals surface area contributed by atoms with Crippen molar-refractivity contribution in [2.45, 2.75) is 34.1 Å². The molecule has 1 fully saturated rings. The smallest absolute Gasteiger partial charge is 0.00695 e. The second-order valence-corrected chi connectivity index (χ2v) is 6.48. The van der Waals surface area contributed by atoms with Gasteiger partial charge < -0.3 is 0 Å². The highest BCUT2D eigenvalue weighted by molar-refractivity contribution is 5.42. The van der Waals surface area contributed by atoms with Crippen LogP contribution in [0.15, 0.2) is 47.1 Å². The molecule has 0 N–H and O–H groups in total. The molecule has 0 spiro atoms. The maximum Gasteiger partial charge on any atom is -0.00695 e. The lowest BCUT2D eigenvalue weighted by molar-refractivity contribution is 0.320. The molecule has 0 bridgehead atoms. The molecule has 0 heteroatoms. The van der Waals surface area contributed by atoms with E-state index in [-0.39, 0.29) is 0 Å². The van der Waals surface area contributed by atoms with Gasteiger partial charge in [-0.05, 0) is 43.4 Å². The van der Waals surface area contributed by atoms with E-state index < -0.39 is 0 Å². The fourth-order valence-electron chi connectivity index (χ4n) is 3.98. The Balaban J connectivity index is 2.09. The van der Waals surface area contributed by atoms with Gasteiger partial charge in [0.05, 0.1) is 0 Å². The predicted octanol–water partition coefficient (Wildman–Crippen LogP) is 4.67. The van der Waals surface area contributed by atoms with E-state index in [2.05, 4.69) is 58.1 Å². The highest BCUT2D eigenvalue weighted by Gasteiger charge is 2.50. The van der Waals surface area contributed by atoms with E-state index in [4.69, 9.17) is 0 Å². The lowest BCUT2D eigenvalue weighted by Gasteiger charge is -2.30. The summed E-state index contributed by atoms with van der Waals surface area (Å²) in [5.41, 5.74) is 4.90. The van der Waals surface area contributed by atoms with Gasteiger partial charge in [-0.25, -0.2) is 0 Å². The summed E-state index contributed by atoms with van der Waals surface area (Å²) in [6.07, 6.45) is 13.4. The number of fused-ring (bicyclic) bond motifs is 3. The Morgan fingerprint density at radius 2 is 1.94 bits per heavy atom. The first kappa shape index (κ1) is 11.1. The first-order valence-corrected chi connectivity index (χ1v) is 6.75. The SMILES string of the molecule is CC1=CCC2C(=C1)C(C)(C)C1C=C(C)C=CC21. The van der Waals surface area contributed by atoms with E-state index in [1.54, 1.807) is 5.57 Å². The van der Waals surface area contributed by atoms with Crippen LogP contribution in [0.25, 0.3) is 0 Å². The van der Waals surface area contributed by atoms with E-state index >= 15 is 0 Å². The van der Waals surface area contributed by atoms with Crippen LogP contribution >= 0.6 is 0 Å². The fourth-order valence-corrected chi connectivity index (χ4v) is 3.98. The van der Waals surface area contributed by atoms with Crippen LogP contribution in [0.2, 0.25) is 0 Å². The zero-order valence-electron chi connectivity index (χ0n) is 11.3. The van der Waals surface area contributed by atoms with E-state index in [0.29, 0.717) is 11.3 Å². The fraction of sp³-hybridized carbons (Fsp3) is 0.529. The number of allylic oxidation sites excluding steroid dienone is 8. The lowest BCUT2D eigenvalue weighted by atomic mass is 9.74. The van der Waals surface area contributed by atoms with Gasteiger partial charge in [0, 0.05) is 0 Å².